The van der Waals surface area contributed by atoms with Crippen molar-refractivity contribution < 1.29 is 52.6 Å². The van der Waals surface area contributed by atoms with Gasteiger partial charge in [0.2, 0.25) is 5.69 Å². The third-order valence-electron chi connectivity index (χ3n) is 4.67. The molecule has 0 aliphatic heterocycles. The fourth-order valence-corrected chi connectivity index (χ4v) is 3.24. The molecule has 3 rings (SSSR count). The van der Waals surface area contributed by atoms with Crippen LogP contribution in [0.1, 0.15) is 17.4 Å². The van der Waals surface area contributed by atoms with Crippen LogP contribution in [0.15, 0.2) is 42.6 Å². The van der Waals surface area contributed by atoms with Crippen molar-refractivity contribution in [1.29, 1.82) is 0 Å². The summed E-state index contributed by atoms with van der Waals surface area (Å²) in [5.41, 5.74) is 1.44. The van der Waals surface area contributed by atoms with Gasteiger partial charge in [0.15, 0.2) is 35.3 Å². The molecule has 0 aliphatic rings. The summed E-state index contributed by atoms with van der Waals surface area (Å²) >= 11 is 0. The first-order valence-electron chi connectivity index (χ1n) is 8.48. The van der Waals surface area contributed by atoms with E-state index < -0.39 is 6.10 Å². The van der Waals surface area contributed by atoms with E-state index in [-0.39, 0.29) is 24.0 Å². The molecular formula is C21H24INO5. The quantitative estimate of drug-likeness (QED) is 0.377. The molecule has 0 bridgehead atoms. The molecule has 150 valence electrons. The highest BCUT2D eigenvalue weighted by Crippen LogP contribution is 2.37. The molecule has 7 heteroatoms. The lowest BCUT2D eigenvalue weighted by atomic mass is 9.99. The van der Waals surface area contributed by atoms with Crippen LogP contribution in [0.3, 0.4) is 0 Å². The zero-order valence-electron chi connectivity index (χ0n) is 16.5. The first-order chi connectivity index (χ1) is 13.0. The predicted octanol–water partition coefficient (Wildman–Crippen LogP) is -0.216. The minimum absolute atomic E-state index is 0. The first kappa shape index (κ1) is 22.0. The number of aromatic nitrogens is 1. The average Bonchev–Trinajstić information content (AvgIpc) is 2.71. The van der Waals surface area contributed by atoms with E-state index in [4.69, 9.17) is 18.9 Å². The third-order valence-corrected chi connectivity index (χ3v) is 4.67. The summed E-state index contributed by atoms with van der Waals surface area (Å²) in [6.45, 7) is 0. The van der Waals surface area contributed by atoms with Crippen LogP contribution in [0.5, 0.6) is 23.0 Å². The smallest absolute Gasteiger partial charge is 0.222 e. The molecule has 3 aromatic rings. The number of hydrogen-bond acceptors (Lipinski definition) is 5. The summed E-state index contributed by atoms with van der Waals surface area (Å²) in [5.74, 6) is 2.43. The molecule has 28 heavy (non-hydrogen) atoms. The van der Waals surface area contributed by atoms with Gasteiger partial charge in [-0.1, -0.05) is 6.07 Å². The van der Waals surface area contributed by atoms with Crippen LogP contribution in [0.4, 0.5) is 0 Å². The monoisotopic (exact) mass is 497 g/mol. The molecular weight excluding hydrogens is 473 g/mol. The van der Waals surface area contributed by atoms with Gasteiger partial charge in [0.05, 0.1) is 33.8 Å². The SMILES string of the molecule is COc1ccc(C(O)c2c3cc(OC)c(OC)cc3cc[n+]2C)cc1OC.[I-]. The van der Waals surface area contributed by atoms with Crippen molar-refractivity contribution in [3.63, 3.8) is 0 Å². The minimum atomic E-state index is -0.864. The van der Waals surface area contributed by atoms with Crippen LogP contribution in [-0.4, -0.2) is 33.5 Å². The molecule has 2 aromatic carbocycles. The fourth-order valence-electron chi connectivity index (χ4n) is 3.24. The van der Waals surface area contributed by atoms with Crippen molar-refractivity contribution >= 4 is 10.8 Å². The van der Waals surface area contributed by atoms with Crippen molar-refractivity contribution in [2.45, 2.75) is 6.10 Å². The van der Waals surface area contributed by atoms with Crippen LogP contribution in [0.2, 0.25) is 0 Å². The maximum absolute atomic E-state index is 11.2. The number of aliphatic hydroxyl groups is 1. The van der Waals surface area contributed by atoms with Gasteiger partial charge < -0.3 is 48.0 Å². The van der Waals surface area contributed by atoms with E-state index in [0.29, 0.717) is 28.6 Å². The average molecular weight is 497 g/mol. The largest absolute Gasteiger partial charge is 1.00 e. The molecule has 0 fully saturated rings. The molecule has 1 N–H and O–H groups in total. The zero-order valence-corrected chi connectivity index (χ0v) is 18.7. The summed E-state index contributed by atoms with van der Waals surface area (Å²) in [6.07, 6.45) is 1.05. The molecule has 0 saturated heterocycles. The molecule has 6 nitrogen and oxygen atoms in total. The second kappa shape index (κ2) is 9.29. The molecule has 0 saturated carbocycles. The van der Waals surface area contributed by atoms with Crippen LogP contribution >= 0.6 is 0 Å². The number of nitrogens with zero attached hydrogens (tertiary/aromatic N) is 1. The second-order valence-electron chi connectivity index (χ2n) is 6.12. The van der Waals surface area contributed by atoms with Crippen molar-refractivity contribution in [2.24, 2.45) is 7.05 Å². The number of fused-ring (bicyclic) bond motifs is 1. The van der Waals surface area contributed by atoms with Crippen LogP contribution in [0, 0.1) is 0 Å². The number of methoxy groups -OCH3 is 4. The number of ether oxygens (including phenoxy) is 4. The van der Waals surface area contributed by atoms with Gasteiger partial charge in [-0.3, -0.25) is 0 Å². The summed E-state index contributed by atoms with van der Waals surface area (Å²) in [6, 6.07) is 11.1. The second-order valence-corrected chi connectivity index (χ2v) is 6.12. The lowest BCUT2D eigenvalue weighted by Crippen LogP contribution is -3.00. The normalized spacial score (nSPS) is 11.5. The van der Waals surface area contributed by atoms with Crippen molar-refractivity contribution in [3.05, 3.63) is 53.9 Å². The zero-order chi connectivity index (χ0) is 19.6. The summed E-state index contributed by atoms with van der Waals surface area (Å²) in [4.78, 5) is 0. The van der Waals surface area contributed by atoms with Crippen LogP contribution < -0.4 is 47.5 Å². The van der Waals surface area contributed by atoms with Crippen molar-refractivity contribution in [3.8, 4) is 23.0 Å². The maximum atomic E-state index is 11.2. The highest BCUT2D eigenvalue weighted by Gasteiger charge is 2.25. The Bertz CT molecular complexity index is 977. The molecule has 1 unspecified atom stereocenters. The number of hydrogen-bond donors (Lipinski definition) is 1. The molecule has 1 atom stereocenters. The van der Waals surface area contributed by atoms with E-state index in [1.165, 1.54) is 0 Å². The van der Waals surface area contributed by atoms with E-state index in [1.54, 1.807) is 40.6 Å². The highest BCUT2D eigenvalue weighted by atomic mass is 127. The number of rotatable bonds is 6. The van der Waals surface area contributed by atoms with Crippen LogP contribution in [0.25, 0.3) is 10.8 Å². The van der Waals surface area contributed by atoms with Gasteiger partial charge in [0, 0.05) is 6.07 Å². The summed E-state index contributed by atoms with van der Waals surface area (Å²) in [7, 11) is 8.25. The Hall–Kier alpha value is -2.26. The van der Waals surface area contributed by atoms with E-state index in [0.717, 1.165) is 16.5 Å². The lowest BCUT2D eigenvalue weighted by molar-refractivity contribution is -0.680. The van der Waals surface area contributed by atoms with Gasteiger partial charge in [0.1, 0.15) is 7.05 Å². The van der Waals surface area contributed by atoms with Crippen molar-refractivity contribution in [2.75, 3.05) is 28.4 Å². The Labute approximate surface area is 181 Å². The van der Waals surface area contributed by atoms with Gasteiger partial charge in [-0.25, -0.2) is 4.57 Å². The third kappa shape index (κ3) is 3.95. The standard InChI is InChI=1S/C21H24NO5.HI/c1-22-9-8-13-10-18(26-4)19(27-5)12-15(13)20(22)21(23)14-6-7-16(24-2)17(11-14)25-3;/h6-12,21,23H,1-5H3;1H/q+1;/p-1. The topological polar surface area (TPSA) is 61.0 Å². The van der Waals surface area contributed by atoms with Gasteiger partial charge in [-0.2, -0.15) is 0 Å². The van der Waals surface area contributed by atoms with E-state index in [9.17, 15) is 5.11 Å². The van der Waals surface area contributed by atoms with Gasteiger partial charge in [0.25, 0.3) is 0 Å². The van der Waals surface area contributed by atoms with E-state index in [1.807, 2.05) is 42.1 Å². The Morgan fingerprint density at radius 3 is 1.96 bits per heavy atom. The minimum Gasteiger partial charge on any atom is -1.00 e. The summed E-state index contributed by atoms with van der Waals surface area (Å²) in [5, 5.41) is 13.0. The maximum Gasteiger partial charge on any atom is 0.222 e. The number of aryl methyl sites for hydroxylation is 1. The van der Waals surface area contributed by atoms with Gasteiger partial charge in [-0.05, 0) is 35.2 Å². The summed E-state index contributed by atoms with van der Waals surface area (Å²) < 4.78 is 23.4. The van der Waals surface area contributed by atoms with Gasteiger partial charge in [-0.15, -0.1) is 0 Å². The molecule has 0 spiro atoms. The lowest BCUT2D eigenvalue weighted by Gasteiger charge is -2.15. The van der Waals surface area contributed by atoms with E-state index in [2.05, 4.69) is 0 Å². The van der Waals surface area contributed by atoms with Gasteiger partial charge >= 0.3 is 0 Å². The molecule has 0 amide bonds. The Morgan fingerprint density at radius 2 is 1.36 bits per heavy atom. The number of halogens is 1. The Kier molecular flexibility index (Phi) is 7.31. The Morgan fingerprint density at radius 1 is 0.786 bits per heavy atom. The van der Waals surface area contributed by atoms with E-state index >= 15 is 0 Å². The number of benzene rings is 2. The fraction of sp³-hybridized carbons (Fsp3) is 0.286. The molecule has 0 aliphatic carbocycles. The highest BCUT2D eigenvalue weighted by molar-refractivity contribution is 5.87. The molecule has 1 aromatic heterocycles. The molecule has 1 heterocycles. The van der Waals surface area contributed by atoms with Crippen molar-refractivity contribution in [1.82, 2.24) is 0 Å². The van der Waals surface area contributed by atoms with Crippen LogP contribution in [-0.2, 0) is 7.05 Å². The Balaban J connectivity index is 0.00000280. The predicted molar refractivity (Wildman–Crippen MR) is 102 cm³/mol. The number of pyridine rings is 1. The molecule has 0 radical (unpaired) electrons. The number of aliphatic hydroxyl groups excluding tert-OH is 1. The first-order valence-corrected chi connectivity index (χ1v) is 8.48.